The zero-order valence-electron chi connectivity index (χ0n) is 8.18. The van der Waals surface area contributed by atoms with Gasteiger partial charge in [-0.2, -0.15) is 0 Å². The van der Waals surface area contributed by atoms with Crippen LogP contribution in [-0.4, -0.2) is 16.5 Å². The molecule has 0 saturated heterocycles. The van der Waals surface area contributed by atoms with Crippen molar-refractivity contribution in [1.29, 1.82) is 0 Å². The molecule has 0 aliphatic rings. The first-order chi connectivity index (χ1) is 7.34. The van der Waals surface area contributed by atoms with Gasteiger partial charge in [-0.3, -0.25) is 4.98 Å². The van der Waals surface area contributed by atoms with Crippen molar-refractivity contribution in [2.24, 2.45) is 0 Å². The van der Waals surface area contributed by atoms with Crippen LogP contribution < -0.4 is 11.1 Å². The lowest BCUT2D eigenvalue weighted by Gasteiger charge is -2.01. The highest BCUT2D eigenvalue weighted by Crippen LogP contribution is 2.19. The Morgan fingerprint density at radius 3 is 2.93 bits per heavy atom. The Kier molecular flexibility index (Phi) is 3.14. The number of aromatic nitrogens is 2. The molecule has 0 aliphatic heterocycles. The first-order valence-electron chi connectivity index (χ1n) is 4.69. The van der Waals surface area contributed by atoms with E-state index in [1.807, 2.05) is 18.2 Å². The van der Waals surface area contributed by atoms with E-state index in [2.05, 4.69) is 15.3 Å². The molecule has 0 bridgehead atoms. The van der Waals surface area contributed by atoms with Crippen LogP contribution in [-0.2, 0) is 6.42 Å². The molecule has 0 amide bonds. The Bertz CT molecular complexity index is 412. The van der Waals surface area contributed by atoms with Crippen LogP contribution in [0.4, 0.5) is 10.1 Å². The summed E-state index contributed by atoms with van der Waals surface area (Å²) >= 11 is 1.46. The Balaban J connectivity index is 1.80. The smallest absolute Gasteiger partial charge is 0.184 e. The van der Waals surface area contributed by atoms with E-state index in [-0.39, 0.29) is 0 Å². The molecule has 0 atom stereocenters. The highest BCUT2D eigenvalue weighted by Gasteiger charge is 1.98. The average Bonchev–Trinajstić information content (AvgIpc) is 2.66. The highest BCUT2D eigenvalue weighted by atomic mass is 32.1. The largest absolute Gasteiger partial charge is 0.389 e. The number of nitrogens with one attached hydrogen (secondary N) is 1. The maximum atomic E-state index is 5.57. The van der Waals surface area contributed by atoms with E-state index in [9.17, 15) is 0 Å². The maximum Gasteiger partial charge on any atom is 0.184 e. The minimum Gasteiger partial charge on any atom is -0.389 e. The average molecular weight is 220 g/mol. The number of nitrogen functional groups attached to an aromatic ring is 1. The summed E-state index contributed by atoms with van der Waals surface area (Å²) in [6.45, 7) is 0.823. The molecule has 0 unspecified atom stereocenters. The first-order valence-corrected chi connectivity index (χ1v) is 5.51. The second-order valence-corrected chi connectivity index (χ2v) is 4.13. The first kappa shape index (κ1) is 9.92. The van der Waals surface area contributed by atoms with E-state index in [1.165, 1.54) is 11.3 Å². The summed E-state index contributed by atoms with van der Waals surface area (Å²) in [7, 11) is 0. The third-order valence-corrected chi connectivity index (χ3v) is 2.69. The maximum absolute atomic E-state index is 5.57. The number of thiazole rings is 1. The summed E-state index contributed by atoms with van der Waals surface area (Å²) in [5, 5.41) is 4.80. The molecule has 5 heteroatoms. The van der Waals surface area contributed by atoms with E-state index >= 15 is 0 Å². The van der Waals surface area contributed by atoms with Crippen LogP contribution in [0.25, 0.3) is 0 Å². The SMILES string of the molecule is Nc1cnc(NCCc2ccccn2)s1. The summed E-state index contributed by atoms with van der Waals surface area (Å²) in [4.78, 5) is 8.34. The molecule has 0 fully saturated rings. The second-order valence-electron chi connectivity index (χ2n) is 3.07. The van der Waals surface area contributed by atoms with Crippen molar-refractivity contribution in [3.05, 3.63) is 36.3 Å². The van der Waals surface area contributed by atoms with E-state index < -0.39 is 0 Å². The molecule has 78 valence electrons. The number of pyridine rings is 1. The number of nitrogens with two attached hydrogens (primary N) is 1. The van der Waals surface area contributed by atoms with Crippen LogP contribution in [0.1, 0.15) is 5.69 Å². The van der Waals surface area contributed by atoms with E-state index in [0.29, 0.717) is 0 Å². The van der Waals surface area contributed by atoms with Gasteiger partial charge in [0, 0.05) is 24.9 Å². The standard InChI is InChI=1S/C10H12N4S/c11-9-7-14-10(15-9)13-6-4-8-3-1-2-5-12-8/h1-3,5,7H,4,6,11H2,(H,13,14). The molecule has 2 aromatic heterocycles. The Labute approximate surface area is 92.2 Å². The lowest BCUT2D eigenvalue weighted by atomic mass is 10.3. The molecular formula is C10H12N4S. The van der Waals surface area contributed by atoms with Crippen molar-refractivity contribution in [2.75, 3.05) is 17.6 Å². The lowest BCUT2D eigenvalue weighted by Crippen LogP contribution is -2.05. The van der Waals surface area contributed by atoms with Gasteiger partial charge in [0.05, 0.1) is 6.20 Å². The van der Waals surface area contributed by atoms with Gasteiger partial charge in [0.25, 0.3) is 0 Å². The fourth-order valence-corrected chi connectivity index (χ4v) is 1.82. The quantitative estimate of drug-likeness (QED) is 0.824. The number of anilines is 2. The van der Waals surface area contributed by atoms with Crippen LogP contribution in [0, 0.1) is 0 Å². The number of hydrogen-bond acceptors (Lipinski definition) is 5. The van der Waals surface area contributed by atoms with Gasteiger partial charge in [-0.05, 0) is 12.1 Å². The van der Waals surface area contributed by atoms with Crippen LogP contribution in [0.3, 0.4) is 0 Å². The topological polar surface area (TPSA) is 63.8 Å². The number of hydrogen-bond donors (Lipinski definition) is 2. The summed E-state index contributed by atoms with van der Waals surface area (Å²) in [6.07, 6.45) is 4.35. The van der Waals surface area contributed by atoms with Gasteiger partial charge in [-0.25, -0.2) is 4.98 Å². The van der Waals surface area contributed by atoms with E-state index in [0.717, 1.165) is 28.8 Å². The predicted octanol–water partition coefficient (Wildman–Crippen LogP) is 1.77. The molecular weight excluding hydrogens is 208 g/mol. The van der Waals surface area contributed by atoms with Crippen LogP contribution in [0.2, 0.25) is 0 Å². The highest BCUT2D eigenvalue weighted by molar-refractivity contribution is 7.19. The second kappa shape index (κ2) is 4.75. The molecule has 2 rings (SSSR count). The van der Waals surface area contributed by atoms with E-state index in [1.54, 1.807) is 12.4 Å². The van der Waals surface area contributed by atoms with Crippen molar-refractivity contribution < 1.29 is 0 Å². The normalized spacial score (nSPS) is 10.1. The Morgan fingerprint density at radius 1 is 1.33 bits per heavy atom. The van der Waals surface area contributed by atoms with Crippen molar-refractivity contribution >= 4 is 21.5 Å². The zero-order valence-corrected chi connectivity index (χ0v) is 9.00. The van der Waals surface area contributed by atoms with E-state index in [4.69, 9.17) is 5.73 Å². The molecule has 2 aromatic rings. The van der Waals surface area contributed by atoms with Gasteiger partial charge in [-0.1, -0.05) is 17.4 Å². The fourth-order valence-electron chi connectivity index (χ4n) is 1.21. The molecule has 0 radical (unpaired) electrons. The summed E-state index contributed by atoms with van der Waals surface area (Å²) < 4.78 is 0. The van der Waals surface area contributed by atoms with Gasteiger partial charge in [0.2, 0.25) is 0 Å². The van der Waals surface area contributed by atoms with Gasteiger partial charge in [0.1, 0.15) is 5.00 Å². The molecule has 4 nitrogen and oxygen atoms in total. The van der Waals surface area contributed by atoms with Crippen LogP contribution in [0.5, 0.6) is 0 Å². The van der Waals surface area contributed by atoms with Gasteiger partial charge < -0.3 is 11.1 Å². The van der Waals surface area contributed by atoms with Gasteiger partial charge in [-0.15, -0.1) is 0 Å². The molecule has 0 spiro atoms. The summed E-state index contributed by atoms with van der Waals surface area (Å²) in [5.74, 6) is 0. The van der Waals surface area contributed by atoms with Crippen molar-refractivity contribution in [1.82, 2.24) is 9.97 Å². The predicted molar refractivity (Wildman–Crippen MR) is 63.0 cm³/mol. The number of rotatable bonds is 4. The summed E-state index contributed by atoms with van der Waals surface area (Å²) in [5.41, 5.74) is 6.64. The number of nitrogens with zero attached hydrogens (tertiary/aromatic N) is 2. The lowest BCUT2D eigenvalue weighted by molar-refractivity contribution is 0.959. The molecule has 0 aromatic carbocycles. The molecule has 15 heavy (non-hydrogen) atoms. The molecule has 3 N–H and O–H groups in total. The third kappa shape index (κ3) is 2.92. The molecule has 0 saturated carbocycles. The van der Waals surface area contributed by atoms with Crippen LogP contribution in [0.15, 0.2) is 30.6 Å². The molecule has 0 aliphatic carbocycles. The van der Waals surface area contributed by atoms with Gasteiger partial charge >= 0.3 is 0 Å². The monoisotopic (exact) mass is 220 g/mol. The van der Waals surface area contributed by atoms with Crippen molar-refractivity contribution in [2.45, 2.75) is 6.42 Å². The summed E-state index contributed by atoms with van der Waals surface area (Å²) in [6, 6.07) is 5.92. The van der Waals surface area contributed by atoms with Crippen LogP contribution >= 0.6 is 11.3 Å². The fraction of sp³-hybridized carbons (Fsp3) is 0.200. The third-order valence-electron chi connectivity index (χ3n) is 1.91. The minimum absolute atomic E-state index is 0.732. The molecule has 2 heterocycles. The van der Waals surface area contributed by atoms with Crippen molar-refractivity contribution in [3.8, 4) is 0 Å². The van der Waals surface area contributed by atoms with Crippen molar-refractivity contribution in [3.63, 3.8) is 0 Å². The van der Waals surface area contributed by atoms with Gasteiger partial charge in [0.15, 0.2) is 5.13 Å². The Morgan fingerprint density at radius 2 is 2.27 bits per heavy atom. The Hall–Kier alpha value is -1.62. The zero-order chi connectivity index (χ0) is 10.5. The minimum atomic E-state index is 0.732.